The fraction of sp³-hybridized carbons (Fsp3) is 0.143. The van der Waals surface area contributed by atoms with Gasteiger partial charge in [0, 0.05) is 18.4 Å². The summed E-state index contributed by atoms with van der Waals surface area (Å²) in [7, 11) is 1.80. The second kappa shape index (κ2) is 5.16. The Morgan fingerprint density at radius 1 is 1.11 bits per heavy atom. The van der Waals surface area contributed by atoms with Crippen LogP contribution in [0, 0.1) is 29.6 Å². The van der Waals surface area contributed by atoms with Crippen molar-refractivity contribution in [3.63, 3.8) is 0 Å². The van der Waals surface area contributed by atoms with Gasteiger partial charge in [-0.05, 0) is 31.2 Å². The lowest BCUT2D eigenvalue weighted by atomic mass is 10.2. The molecule has 19 heavy (non-hydrogen) atoms. The van der Waals surface area contributed by atoms with Crippen molar-refractivity contribution in [3.8, 4) is 12.1 Å². The van der Waals surface area contributed by atoms with E-state index in [0.717, 1.165) is 11.4 Å². The quantitative estimate of drug-likeness (QED) is 0.816. The minimum Gasteiger partial charge on any atom is -0.314 e. The minimum atomic E-state index is 0.325. The summed E-state index contributed by atoms with van der Waals surface area (Å²) in [6.07, 6.45) is 0. The van der Waals surface area contributed by atoms with E-state index in [-0.39, 0.29) is 0 Å². The summed E-state index contributed by atoms with van der Waals surface area (Å²) < 4.78 is 0. The Balaban J connectivity index is 2.44. The van der Waals surface area contributed by atoms with Gasteiger partial charge >= 0.3 is 0 Å². The van der Waals surface area contributed by atoms with Crippen molar-refractivity contribution in [2.75, 3.05) is 11.9 Å². The molecule has 2 rings (SSSR count). The van der Waals surface area contributed by atoms with E-state index < -0.39 is 0 Å². The number of hydrogen-bond donors (Lipinski definition) is 0. The van der Waals surface area contributed by atoms with Crippen LogP contribution in [0.15, 0.2) is 30.3 Å². The van der Waals surface area contributed by atoms with E-state index in [1.165, 1.54) is 0 Å². The van der Waals surface area contributed by atoms with E-state index in [0.29, 0.717) is 17.2 Å². The van der Waals surface area contributed by atoms with Gasteiger partial charge in [0.25, 0.3) is 0 Å². The number of benzene rings is 1. The van der Waals surface area contributed by atoms with Crippen LogP contribution in [-0.2, 0) is 0 Å². The van der Waals surface area contributed by atoms with Crippen LogP contribution in [0.25, 0.3) is 0 Å². The molecule has 0 spiro atoms. The molecule has 0 saturated carbocycles. The third kappa shape index (κ3) is 2.67. The Labute approximate surface area is 111 Å². The molecule has 0 unspecified atom stereocenters. The maximum Gasteiger partial charge on any atom is 0.231 e. The monoisotopic (exact) mass is 249 g/mol. The number of nitriles is 2. The second-order valence-electron chi connectivity index (χ2n) is 4.03. The first-order valence-electron chi connectivity index (χ1n) is 5.63. The molecular formula is C14H11N5. The third-order valence-electron chi connectivity index (χ3n) is 2.62. The summed E-state index contributed by atoms with van der Waals surface area (Å²) in [6, 6.07) is 12.9. The number of anilines is 2. The van der Waals surface area contributed by atoms with Crippen molar-refractivity contribution >= 4 is 11.6 Å². The number of hydrogen-bond acceptors (Lipinski definition) is 5. The van der Waals surface area contributed by atoms with E-state index in [4.69, 9.17) is 10.5 Å². The molecule has 0 saturated heterocycles. The predicted octanol–water partition coefficient (Wildman–Crippen LogP) is 2.30. The molecule has 92 valence electrons. The molecule has 1 heterocycles. The fourth-order valence-electron chi connectivity index (χ4n) is 1.66. The van der Waals surface area contributed by atoms with Crippen LogP contribution in [0.3, 0.4) is 0 Å². The average Bonchev–Trinajstić information content (AvgIpc) is 2.45. The van der Waals surface area contributed by atoms with Gasteiger partial charge in [-0.25, -0.2) is 9.97 Å². The Morgan fingerprint density at radius 2 is 1.89 bits per heavy atom. The molecule has 5 nitrogen and oxygen atoms in total. The minimum absolute atomic E-state index is 0.325. The van der Waals surface area contributed by atoms with E-state index >= 15 is 0 Å². The summed E-state index contributed by atoms with van der Waals surface area (Å²) >= 11 is 0. The Morgan fingerprint density at radius 3 is 2.58 bits per heavy atom. The second-order valence-corrected chi connectivity index (χ2v) is 4.03. The maximum atomic E-state index is 8.92. The van der Waals surface area contributed by atoms with Gasteiger partial charge in [0.15, 0.2) is 0 Å². The van der Waals surface area contributed by atoms with Gasteiger partial charge in [-0.3, -0.25) is 0 Å². The summed E-state index contributed by atoms with van der Waals surface area (Å²) in [6.45, 7) is 1.81. The van der Waals surface area contributed by atoms with Crippen LogP contribution in [0.1, 0.15) is 17.0 Å². The molecule has 0 aliphatic rings. The zero-order valence-electron chi connectivity index (χ0n) is 10.6. The lowest BCUT2D eigenvalue weighted by Crippen LogP contribution is -2.14. The summed E-state index contributed by atoms with van der Waals surface area (Å²) in [5.74, 6) is 0.437. The van der Waals surface area contributed by atoms with Crippen LogP contribution in [0.2, 0.25) is 0 Å². The first-order chi connectivity index (χ1) is 9.13. The third-order valence-corrected chi connectivity index (χ3v) is 2.62. The van der Waals surface area contributed by atoms with E-state index in [9.17, 15) is 0 Å². The summed E-state index contributed by atoms with van der Waals surface area (Å²) in [5.41, 5.74) is 2.42. The number of rotatable bonds is 2. The van der Waals surface area contributed by atoms with Gasteiger partial charge in [0.1, 0.15) is 11.8 Å². The van der Waals surface area contributed by atoms with Crippen molar-refractivity contribution in [1.29, 1.82) is 10.5 Å². The first kappa shape index (κ1) is 12.5. The van der Waals surface area contributed by atoms with Crippen molar-refractivity contribution in [3.05, 3.63) is 47.3 Å². The molecule has 0 N–H and O–H groups in total. The topological polar surface area (TPSA) is 76.6 Å². The number of aryl methyl sites for hydroxylation is 1. The zero-order valence-corrected chi connectivity index (χ0v) is 10.6. The van der Waals surface area contributed by atoms with Gasteiger partial charge in [0.2, 0.25) is 5.95 Å². The lowest BCUT2D eigenvalue weighted by Gasteiger charge is -2.17. The van der Waals surface area contributed by atoms with Gasteiger partial charge < -0.3 is 4.90 Å². The molecule has 1 aromatic heterocycles. The molecule has 0 amide bonds. The molecular weight excluding hydrogens is 238 g/mol. The van der Waals surface area contributed by atoms with Crippen LogP contribution in [-0.4, -0.2) is 17.0 Å². The van der Waals surface area contributed by atoms with Gasteiger partial charge in [-0.1, -0.05) is 6.07 Å². The van der Waals surface area contributed by atoms with E-state index in [1.807, 2.05) is 19.1 Å². The maximum absolute atomic E-state index is 8.92. The van der Waals surface area contributed by atoms with E-state index in [2.05, 4.69) is 16.0 Å². The van der Waals surface area contributed by atoms with Crippen molar-refractivity contribution in [2.24, 2.45) is 0 Å². The first-order valence-corrected chi connectivity index (χ1v) is 5.63. The van der Waals surface area contributed by atoms with E-state index in [1.54, 1.807) is 36.2 Å². The van der Waals surface area contributed by atoms with Gasteiger partial charge in [-0.2, -0.15) is 10.5 Å². The standard InChI is InChI=1S/C14H11N5/c1-10-6-12(9-16)18-14(17-10)19(2)13-5-3-4-11(7-13)8-15/h3-7H,1-2H3. The smallest absolute Gasteiger partial charge is 0.231 e. The number of nitrogens with zero attached hydrogens (tertiary/aromatic N) is 5. The SMILES string of the molecule is Cc1cc(C#N)nc(N(C)c2cccc(C#N)c2)n1. The molecule has 0 atom stereocenters. The molecule has 0 aliphatic heterocycles. The van der Waals surface area contributed by atoms with Crippen LogP contribution < -0.4 is 4.90 Å². The largest absolute Gasteiger partial charge is 0.314 e. The van der Waals surface area contributed by atoms with Crippen LogP contribution in [0.4, 0.5) is 11.6 Å². The predicted molar refractivity (Wildman–Crippen MR) is 70.7 cm³/mol. The molecule has 0 bridgehead atoms. The van der Waals surface area contributed by atoms with Gasteiger partial charge in [0.05, 0.1) is 11.6 Å². The van der Waals surface area contributed by atoms with Crippen LogP contribution >= 0.6 is 0 Å². The molecule has 0 aliphatic carbocycles. The number of aromatic nitrogens is 2. The Bertz CT molecular complexity index is 694. The fourth-order valence-corrected chi connectivity index (χ4v) is 1.66. The highest BCUT2D eigenvalue weighted by atomic mass is 15.2. The molecule has 5 heteroatoms. The van der Waals surface area contributed by atoms with Crippen molar-refractivity contribution in [2.45, 2.75) is 6.92 Å². The van der Waals surface area contributed by atoms with Crippen molar-refractivity contribution in [1.82, 2.24) is 9.97 Å². The zero-order chi connectivity index (χ0) is 13.8. The molecule has 2 aromatic rings. The molecule has 1 aromatic carbocycles. The van der Waals surface area contributed by atoms with Crippen LogP contribution in [0.5, 0.6) is 0 Å². The molecule has 0 radical (unpaired) electrons. The highest BCUT2D eigenvalue weighted by molar-refractivity contribution is 5.59. The highest BCUT2D eigenvalue weighted by Crippen LogP contribution is 2.21. The van der Waals surface area contributed by atoms with Crippen molar-refractivity contribution < 1.29 is 0 Å². The highest BCUT2D eigenvalue weighted by Gasteiger charge is 2.09. The Hall–Kier alpha value is -2.92. The van der Waals surface area contributed by atoms with Gasteiger partial charge in [-0.15, -0.1) is 0 Å². The summed E-state index contributed by atoms with van der Waals surface area (Å²) in [5, 5.41) is 17.8. The lowest BCUT2D eigenvalue weighted by molar-refractivity contribution is 1.00. The average molecular weight is 249 g/mol. The summed E-state index contributed by atoms with van der Waals surface area (Å²) in [4.78, 5) is 10.2. The normalized spacial score (nSPS) is 9.47. The Kier molecular flexibility index (Phi) is 3.40. The molecule has 0 fully saturated rings.